The molecule has 0 radical (unpaired) electrons. The van der Waals surface area contributed by atoms with Gasteiger partial charge in [-0.3, -0.25) is 4.79 Å². The second-order valence-electron chi connectivity index (χ2n) is 3.27. The Kier molecular flexibility index (Phi) is 14.6. The number of carbonyl (C=O) groups excluding carboxylic acids is 1. The molecule has 3 heteroatoms. The molecule has 0 aromatic heterocycles. The molecule has 0 aromatic rings. The maximum absolute atomic E-state index is 10.8. The SMILES string of the molecule is C=CC(=O)N(C)CCCC.CCNCC. The molecule has 0 fully saturated rings. The molecule has 0 saturated carbocycles. The van der Waals surface area contributed by atoms with Crippen molar-refractivity contribution in [2.24, 2.45) is 0 Å². The first kappa shape index (κ1) is 16.6. The van der Waals surface area contributed by atoms with Crippen molar-refractivity contribution in [3.05, 3.63) is 12.7 Å². The van der Waals surface area contributed by atoms with Crippen LogP contribution in [0.25, 0.3) is 0 Å². The summed E-state index contributed by atoms with van der Waals surface area (Å²) in [7, 11) is 1.79. The van der Waals surface area contributed by atoms with E-state index in [0.29, 0.717) is 0 Å². The highest BCUT2D eigenvalue weighted by molar-refractivity contribution is 5.86. The van der Waals surface area contributed by atoms with E-state index >= 15 is 0 Å². The van der Waals surface area contributed by atoms with Gasteiger partial charge < -0.3 is 10.2 Å². The first-order valence-corrected chi connectivity index (χ1v) is 5.72. The van der Waals surface area contributed by atoms with Crippen molar-refractivity contribution in [2.45, 2.75) is 33.6 Å². The first-order chi connectivity index (χ1) is 7.13. The Labute approximate surface area is 94.5 Å². The van der Waals surface area contributed by atoms with Gasteiger partial charge in [0.15, 0.2) is 0 Å². The van der Waals surface area contributed by atoms with E-state index in [0.717, 1.165) is 32.5 Å². The lowest BCUT2D eigenvalue weighted by molar-refractivity contribution is -0.124. The smallest absolute Gasteiger partial charge is 0.245 e. The van der Waals surface area contributed by atoms with Gasteiger partial charge in [-0.25, -0.2) is 0 Å². The lowest BCUT2D eigenvalue weighted by atomic mass is 10.3. The zero-order valence-electron chi connectivity index (χ0n) is 10.7. The number of likely N-dealkylation sites (N-methyl/N-ethyl adjacent to an activating group) is 1. The van der Waals surface area contributed by atoms with Gasteiger partial charge >= 0.3 is 0 Å². The van der Waals surface area contributed by atoms with Gasteiger partial charge in [0.1, 0.15) is 0 Å². The summed E-state index contributed by atoms with van der Waals surface area (Å²) < 4.78 is 0. The van der Waals surface area contributed by atoms with Crippen molar-refractivity contribution >= 4 is 5.91 Å². The van der Waals surface area contributed by atoms with Crippen LogP contribution in [0.2, 0.25) is 0 Å². The van der Waals surface area contributed by atoms with E-state index in [1.54, 1.807) is 11.9 Å². The molecule has 0 atom stereocenters. The fourth-order valence-electron chi connectivity index (χ4n) is 0.911. The highest BCUT2D eigenvalue weighted by Crippen LogP contribution is 1.91. The Hall–Kier alpha value is -0.830. The molecule has 0 aliphatic heterocycles. The number of nitrogens with one attached hydrogen (secondary N) is 1. The maximum Gasteiger partial charge on any atom is 0.245 e. The van der Waals surface area contributed by atoms with E-state index in [1.165, 1.54) is 6.08 Å². The Morgan fingerprint density at radius 1 is 1.33 bits per heavy atom. The topological polar surface area (TPSA) is 32.3 Å². The molecule has 0 unspecified atom stereocenters. The summed E-state index contributed by atoms with van der Waals surface area (Å²) in [5, 5.41) is 3.11. The highest BCUT2D eigenvalue weighted by atomic mass is 16.2. The maximum atomic E-state index is 10.8. The summed E-state index contributed by atoms with van der Waals surface area (Å²) in [6, 6.07) is 0. The number of carbonyl (C=O) groups is 1. The van der Waals surface area contributed by atoms with Crippen molar-refractivity contribution in [1.82, 2.24) is 10.2 Å². The number of rotatable bonds is 6. The molecule has 1 N–H and O–H groups in total. The molecule has 90 valence electrons. The van der Waals surface area contributed by atoms with Crippen molar-refractivity contribution in [3.63, 3.8) is 0 Å². The molecule has 0 heterocycles. The van der Waals surface area contributed by atoms with Gasteiger partial charge in [0, 0.05) is 13.6 Å². The van der Waals surface area contributed by atoms with E-state index in [1.807, 2.05) is 0 Å². The standard InChI is InChI=1S/C8H15NO.C4H11N/c1-4-6-7-9(3)8(10)5-2;1-3-5-4-2/h5H,2,4,6-7H2,1,3H3;5H,3-4H2,1-2H3. The monoisotopic (exact) mass is 214 g/mol. The van der Waals surface area contributed by atoms with Crippen LogP contribution in [-0.2, 0) is 4.79 Å². The van der Waals surface area contributed by atoms with Crippen LogP contribution in [-0.4, -0.2) is 37.5 Å². The predicted molar refractivity (Wildman–Crippen MR) is 67.0 cm³/mol. The zero-order chi connectivity index (χ0) is 12.1. The van der Waals surface area contributed by atoms with Crippen LogP contribution in [0.15, 0.2) is 12.7 Å². The molecule has 1 amide bonds. The number of unbranched alkanes of at least 4 members (excludes halogenated alkanes) is 1. The van der Waals surface area contributed by atoms with E-state index in [4.69, 9.17) is 0 Å². The second-order valence-corrected chi connectivity index (χ2v) is 3.27. The first-order valence-electron chi connectivity index (χ1n) is 5.72. The minimum absolute atomic E-state index is 0.00782. The van der Waals surface area contributed by atoms with Crippen LogP contribution >= 0.6 is 0 Å². The number of amides is 1. The summed E-state index contributed by atoms with van der Waals surface area (Å²) in [6.07, 6.45) is 3.53. The molecule has 3 nitrogen and oxygen atoms in total. The van der Waals surface area contributed by atoms with Gasteiger partial charge in [0.2, 0.25) is 5.91 Å². The van der Waals surface area contributed by atoms with Crippen molar-refractivity contribution in [1.29, 1.82) is 0 Å². The highest BCUT2D eigenvalue weighted by Gasteiger charge is 2.00. The third-order valence-electron chi connectivity index (χ3n) is 1.90. The fraction of sp³-hybridized carbons (Fsp3) is 0.750. The summed E-state index contributed by atoms with van der Waals surface area (Å²) in [6.45, 7) is 12.7. The van der Waals surface area contributed by atoms with Gasteiger partial charge in [-0.1, -0.05) is 33.8 Å². The quantitative estimate of drug-likeness (QED) is 0.686. The van der Waals surface area contributed by atoms with Crippen molar-refractivity contribution in [3.8, 4) is 0 Å². The minimum atomic E-state index is 0.00782. The van der Waals surface area contributed by atoms with Crippen LogP contribution in [0.5, 0.6) is 0 Å². The van der Waals surface area contributed by atoms with Crippen molar-refractivity contribution < 1.29 is 4.79 Å². The average Bonchev–Trinajstić information content (AvgIpc) is 2.26. The summed E-state index contributed by atoms with van der Waals surface area (Å²) in [4.78, 5) is 12.5. The Balaban J connectivity index is 0. The molecule has 0 aromatic carbocycles. The lowest BCUT2D eigenvalue weighted by Gasteiger charge is -2.13. The van der Waals surface area contributed by atoms with Crippen LogP contribution in [0.4, 0.5) is 0 Å². The zero-order valence-corrected chi connectivity index (χ0v) is 10.7. The molecule has 0 bridgehead atoms. The predicted octanol–water partition coefficient (Wildman–Crippen LogP) is 2.05. The molecule has 0 aliphatic rings. The Morgan fingerprint density at radius 2 is 1.87 bits per heavy atom. The second kappa shape index (κ2) is 13.2. The average molecular weight is 214 g/mol. The van der Waals surface area contributed by atoms with E-state index in [2.05, 4.69) is 32.7 Å². The van der Waals surface area contributed by atoms with Gasteiger partial charge in [-0.15, -0.1) is 0 Å². The van der Waals surface area contributed by atoms with Crippen LogP contribution in [0.3, 0.4) is 0 Å². The van der Waals surface area contributed by atoms with Gasteiger partial charge in [0.05, 0.1) is 0 Å². The molecular formula is C12H26N2O. The number of hydrogen-bond donors (Lipinski definition) is 1. The molecule has 0 saturated heterocycles. The normalized spacial score (nSPS) is 8.80. The number of hydrogen-bond acceptors (Lipinski definition) is 2. The Morgan fingerprint density at radius 3 is 2.13 bits per heavy atom. The largest absolute Gasteiger partial charge is 0.342 e. The van der Waals surface area contributed by atoms with E-state index in [-0.39, 0.29) is 5.91 Å². The van der Waals surface area contributed by atoms with Gasteiger partial charge in [-0.05, 0) is 25.6 Å². The van der Waals surface area contributed by atoms with E-state index < -0.39 is 0 Å². The third kappa shape index (κ3) is 13.2. The molecular weight excluding hydrogens is 188 g/mol. The molecule has 15 heavy (non-hydrogen) atoms. The van der Waals surface area contributed by atoms with Crippen molar-refractivity contribution in [2.75, 3.05) is 26.7 Å². The number of nitrogens with zero attached hydrogens (tertiary/aromatic N) is 1. The summed E-state index contributed by atoms with van der Waals surface area (Å²) in [5.74, 6) is 0.00782. The minimum Gasteiger partial charge on any atom is -0.342 e. The third-order valence-corrected chi connectivity index (χ3v) is 1.90. The van der Waals surface area contributed by atoms with Gasteiger partial charge in [0.25, 0.3) is 0 Å². The summed E-state index contributed by atoms with van der Waals surface area (Å²) in [5.41, 5.74) is 0. The molecule has 0 rings (SSSR count). The Bertz CT molecular complexity index is 156. The summed E-state index contributed by atoms with van der Waals surface area (Å²) >= 11 is 0. The molecule has 0 aliphatic carbocycles. The lowest BCUT2D eigenvalue weighted by Crippen LogP contribution is -2.25. The van der Waals surface area contributed by atoms with Gasteiger partial charge in [-0.2, -0.15) is 0 Å². The fourth-order valence-corrected chi connectivity index (χ4v) is 0.911. The van der Waals surface area contributed by atoms with Crippen LogP contribution < -0.4 is 5.32 Å². The van der Waals surface area contributed by atoms with Crippen LogP contribution in [0, 0.1) is 0 Å². The van der Waals surface area contributed by atoms with Crippen LogP contribution in [0.1, 0.15) is 33.6 Å². The van der Waals surface area contributed by atoms with E-state index in [9.17, 15) is 4.79 Å². The molecule has 0 spiro atoms.